The lowest BCUT2D eigenvalue weighted by Crippen LogP contribution is -2.32. The van der Waals surface area contributed by atoms with Crippen molar-refractivity contribution in [3.63, 3.8) is 0 Å². The van der Waals surface area contributed by atoms with Gasteiger partial charge in [0.05, 0.1) is 32.0 Å². The minimum Gasteiger partial charge on any atom is -0.491 e. The molecule has 0 bridgehead atoms. The Labute approximate surface area is 221 Å². The van der Waals surface area contributed by atoms with E-state index in [-0.39, 0.29) is 31.1 Å². The fraction of sp³-hybridized carbons (Fsp3) is 0.367. The number of carbonyl (C=O) groups is 1. The molecular weight excluding hydrogens is 488 g/mol. The number of ether oxygens (including phenoxy) is 7. The molecule has 38 heavy (non-hydrogen) atoms. The third kappa shape index (κ3) is 6.64. The molecule has 0 spiro atoms. The summed E-state index contributed by atoms with van der Waals surface area (Å²) in [5.41, 5.74) is 3.55. The van der Waals surface area contributed by atoms with Crippen LogP contribution in [0, 0.1) is 0 Å². The minimum absolute atomic E-state index is 0.139. The van der Waals surface area contributed by atoms with E-state index in [2.05, 4.69) is 0 Å². The second kappa shape index (κ2) is 11.4. The quantitative estimate of drug-likeness (QED) is 0.243. The van der Waals surface area contributed by atoms with Crippen LogP contribution in [0.2, 0.25) is 0 Å². The van der Waals surface area contributed by atoms with Gasteiger partial charge in [0, 0.05) is 12.8 Å². The van der Waals surface area contributed by atoms with Crippen LogP contribution < -0.4 is 14.2 Å². The van der Waals surface area contributed by atoms with Crippen LogP contribution in [0.1, 0.15) is 22.3 Å². The molecule has 6 rings (SSSR count). The first-order chi connectivity index (χ1) is 18.7. The highest BCUT2D eigenvalue weighted by Gasteiger charge is 2.26. The van der Waals surface area contributed by atoms with Gasteiger partial charge in [0.1, 0.15) is 31.2 Å². The van der Waals surface area contributed by atoms with Crippen molar-refractivity contribution in [1.82, 2.24) is 0 Å². The highest BCUT2D eigenvalue weighted by molar-refractivity contribution is 5.90. The number of carbonyl (C=O) groups excluding carboxylic acids is 1. The zero-order chi connectivity index (χ0) is 25.7. The van der Waals surface area contributed by atoms with Gasteiger partial charge in [-0.15, -0.1) is 0 Å². The molecule has 3 unspecified atom stereocenters. The summed E-state index contributed by atoms with van der Waals surface area (Å²) in [7, 11) is 0. The molecule has 3 heterocycles. The lowest BCUT2D eigenvalue weighted by atomic mass is 10.0. The first-order valence-electron chi connectivity index (χ1n) is 13.0. The van der Waals surface area contributed by atoms with E-state index in [9.17, 15) is 4.79 Å². The zero-order valence-corrected chi connectivity index (χ0v) is 21.0. The first kappa shape index (κ1) is 24.7. The van der Waals surface area contributed by atoms with Crippen LogP contribution in [0.4, 0.5) is 0 Å². The van der Waals surface area contributed by atoms with Gasteiger partial charge in [-0.2, -0.15) is 0 Å². The lowest BCUT2D eigenvalue weighted by Gasteiger charge is -2.27. The lowest BCUT2D eigenvalue weighted by molar-refractivity contribution is -0.165. The monoisotopic (exact) mass is 518 g/mol. The minimum atomic E-state index is -0.355. The van der Waals surface area contributed by atoms with Crippen molar-refractivity contribution in [3.8, 4) is 28.4 Å². The van der Waals surface area contributed by atoms with Crippen molar-refractivity contribution in [1.29, 1.82) is 0 Å². The van der Waals surface area contributed by atoms with Crippen molar-refractivity contribution in [2.24, 2.45) is 0 Å². The standard InChI is InChI=1S/C30H30O8/c31-30(23-4-2-21(3-5-23)22-6-8-24(9-7-22)34-16-25-17-35-25)33-13-11-20-1-10-27(38-29-12-14-32-29)28(15-20)37-19-26-18-36-26/h1-10,15,25-26,29H,11-14,16-19H2. The summed E-state index contributed by atoms with van der Waals surface area (Å²) in [4.78, 5) is 12.6. The molecule has 0 N–H and O–H groups in total. The number of epoxide rings is 2. The van der Waals surface area contributed by atoms with E-state index in [4.69, 9.17) is 33.2 Å². The molecule has 3 aliphatic rings. The largest absolute Gasteiger partial charge is 0.491 e. The molecule has 0 aliphatic carbocycles. The van der Waals surface area contributed by atoms with Crippen LogP contribution in [0.3, 0.4) is 0 Å². The molecule has 3 aliphatic heterocycles. The molecule has 3 aromatic carbocycles. The van der Waals surface area contributed by atoms with E-state index >= 15 is 0 Å². The van der Waals surface area contributed by atoms with Gasteiger partial charge in [0.25, 0.3) is 0 Å². The Morgan fingerprint density at radius 2 is 1.45 bits per heavy atom. The maximum atomic E-state index is 12.6. The molecule has 0 radical (unpaired) electrons. The molecule has 3 atom stereocenters. The fourth-order valence-corrected chi connectivity index (χ4v) is 3.95. The summed E-state index contributed by atoms with van der Waals surface area (Å²) in [5.74, 6) is 1.75. The van der Waals surface area contributed by atoms with Crippen LogP contribution in [-0.2, 0) is 25.4 Å². The molecule has 8 nitrogen and oxygen atoms in total. The Kier molecular flexibility index (Phi) is 7.44. The third-order valence-corrected chi connectivity index (χ3v) is 6.52. The van der Waals surface area contributed by atoms with E-state index < -0.39 is 0 Å². The van der Waals surface area contributed by atoms with Gasteiger partial charge >= 0.3 is 5.97 Å². The summed E-state index contributed by atoms with van der Waals surface area (Å²) in [6, 6.07) is 21.0. The van der Waals surface area contributed by atoms with E-state index in [1.165, 1.54) is 0 Å². The summed E-state index contributed by atoms with van der Waals surface area (Å²) in [5, 5.41) is 0. The Morgan fingerprint density at radius 3 is 2.08 bits per heavy atom. The second-order valence-corrected chi connectivity index (χ2v) is 9.51. The van der Waals surface area contributed by atoms with Gasteiger partial charge in [-0.25, -0.2) is 4.79 Å². The predicted molar refractivity (Wildman–Crippen MR) is 138 cm³/mol. The fourth-order valence-electron chi connectivity index (χ4n) is 3.95. The van der Waals surface area contributed by atoms with Crippen LogP contribution >= 0.6 is 0 Å². The molecule has 0 amide bonds. The van der Waals surface area contributed by atoms with Gasteiger partial charge in [-0.1, -0.05) is 30.3 Å². The zero-order valence-electron chi connectivity index (χ0n) is 21.0. The second-order valence-electron chi connectivity index (χ2n) is 9.51. The number of hydrogen-bond donors (Lipinski definition) is 0. The molecule has 3 saturated heterocycles. The first-order valence-corrected chi connectivity index (χ1v) is 13.0. The van der Waals surface area contributed by atoms with Crippen LogP contribution in [0.15, 0.2) is 66.7 Å². The van der Waals surface area contributed by atoms with Gasteiger partial charge in [-0.05, 0) is 53.1 Å². The topological polar surface area (TPSA) is 88.3 Å². The van der Waals surface area contributed by atoms with Gasteiger partial charge < -0.3 is 33.2 Å². The smallest absolute Gasteiger partial charge is 0.338 e. The molecule has 0 saturated carbocycles. The Hall–Kier alpha value is -3.59. The maximum absolute atomic E-state index is 12.6. The normalized spacial score (nSPS) is 21.2. The summed E-state index contributed by atoms with van der Waals surface area (Å²) < 4.78 is 38.8. The number of rotatable bonds is 13. The predicted octanol–water partition coefficient (Wildman–Crippen LogP) is 4.43. The molecule has 3 fully saturated rings. The maximum Gasteiger partial charge on any atom is 0.338 e. The number of esters is 1. The van der Waals surface area contributed by atoms with Crippen molar-refractivity contribution >= 4 is 5.97 Å². The number of hydrogen-bond acceptors (Lipinski definition) is 8. The highest BCUT2D eigenvalue weighted by atomic mass is 16.7. The van der Waals surface area contributed by atoms with Crippen LogP contribution in [0.5, 0.6) is 17.2 Å². The average Bonchev–Trinajstić information content (AvgIpc) is 3.85. The molecule has 198 valence electrons. The third-order valence-electron chi connectivity index (χ3n) is 6.52. The van der Waals surface area contributed by atoms with E-state index in [1.54, 1.807) is 12.1 Å². The van der Waals surface area contributed by atoms with E-state index in [1.807, 2.05) is 54.6 Å². The average molecular weight is 519 g/mol. The van der Waals surface area contributed by atoms with Gasteiger partial charge in [0.2, 0.25) is 6.29 Å². The van der Waals surface area contributed by atoms with Crippen molar-refractivity contribution in [3.05, 3.63) is 77.9 Å². The molecular formula is C30H30O8. The van der Waals surface area contributed by atoms with Gasteiger partial charge in [-0.3, -0.25) is 0 Å². The number of benzene rings is 3. The van der Waals surface area contributed by atoms with Crippen molar-refractivity contribution < 1.29 is 38.0 Å². The van der Waals surface area contributed by atoms with Gasteiger partial charge in [0.15, 0.2) is 11.5 Å². The van der Waals surface area contributed by atoms with E-state index in [0.29, 0.717) is 43.3 Å². The summed E-state index contributed by atoms with van der Waals surface area (Å²) in [6.07, 6.45) is 1.56. The van der Waals surface area contributed by atoms with Crippen molar-refractivity contribution in [2.45, 2.75) is 31.3 Å². The van der Waals surface area contributed by atoms with Crippen LogP contribution in [-0.4, -0.2) is 64.1 Å². The summed E-state index contributed by atoms with van der Waals surface area (Å²) >= 11 is 0. The van der Waals surface area contributed by atoms with E-state index in [0.717, 1.165) is 42.1 Å². The highest BCUT2D eigenvalue weighted by Crippen LogP contribution is 2.32. The Morgan fingerprint density at radius 1 is 0.789 bits per heavy atom. The summed E-state index contributed by atoms with van der Waals surface area (Å²) in [6.45, 7) is 3.52. The molecule has 0 aromatic heterocycles. The Bertz CT molecular complexity index is 1230. The SMILES string of the molecule is O=C(OCCc1ccc(OC2CCO2)c(OCC2CO2)c1)c1ccc(-c2ccc(OCC3CO3)cc2)cc1. The van der Waals surface area contributed by atoms with Crippen molar-refractivity contribution in [2.75, 3.05) is 39.6 Å². The Balaban J connectivity index is 1.00. The molecule has 8 heteroatoms. The molecule has 3 aromatic rings. The van der Waals surface area contributed by atoms with Crippen LogP contribution in [0.25, 0.3) is 11.1 Å².